The second-order valence-corrected chi connectivity index (χ2v) is 4.54. The van der Waals surface area contributed by atoms with E-state index in [9.17, 15) is 4.39 Å². The first-order valence-corrected chi connectivity index (χ1v) is 6.67. The molecule has 1 N–H and O–H groups in total. The van der Waals surface area contributed by atoms with Crippen molar-refractivity contribution in [2.45, 2.75) is 20.0 Å². The van der Waals surface area contributed by atoms with Crippen LogP contribution in [0.15, 0.2) is 36.8 Å². The maximum Gasteiger partial charge on any atom is 0.141 e. The molecule has 2 rings (SSSR count). The van der Waals surface area contributed by atoms with Crippen LogP contribution in [-0.2, 0) is 13.1 Å². The first kappa shape index (κ1) is 14.4. The van der Waals surface area contributed by atoms with E-state index in [1.54, 1.807) is 12.4 Å². The Bertz CT molecular complexity index is 545. The number of halogens is 1. The summed E-state index contributed by atoms with van der Waals surface area (Å²) in [5, 5.41) is 3.05. The smallest absolute Gasteiger partial charge is 0.141 e. The summed E-state index contributed by atoms with van der Waals surface area (Å²) >= 11 is 0. The number of rotatable bonds is 6. The van der Waals surface area contributed by atoms with Crippen LogP contribution in [0.5, 0.6) is 0 Å². The molecule has 0 saturated heterocycles. The average Bonchev–Trinajstić information content (AvgIpc) is 2.47. The fraction of sp³-hybridized carbons (Fsp3) is 0.333. The lowest BCUT2D eigenvalue weighted by Crippen LogP contribution is -2.25. The van der Waals surface area contributed by atoms with Crippen LogP contribution in [0, 0.1) is 5.82 Å². The molecular formula is C15H19FN4. The Balaban J connectivity index is 2.27. The lowest BCUT2D eigenvalue weighted by molar-refractivity contribution is 0.614. The summed E-state index contributed by atoms with van der Waals surface area (Å²) in [6.07, 6.45) is 4.81. The summed E-state index contributed by atoms with van der Waals surface area (Å²) in [4.78, 5) is 10.4. The molecule has 0 aromatic carbocycles. The van der Waals surface area contributed by atoms with Crippen LogP contribution in [0.25, 0.3) is 0 Å². The van der Waals surface area contributed by atoms with Crippen LogP contribution in [0.4, 0.5) is 10.2 Å². The van der Waals surface area contributed by atoms with Gasteiger partial charge in [0.25, 0.3) is 0 Å². The summed E-state index contributed by atoms with van der Waals surface area (Å²) in [6, 6.07) is 5.49. The van der Waals surface area contributed by atoms with Crippen molar-refractivity contribution in [3.05, 3.63) is 53.7 Å². The van der Waals surface area contributed by atoms with E-state index in [0.717, 1.165) is 30.0 Å². The number of nitrogens with zero attached hydrogens (tertiary/aromatic N) is 3. The van der Waals surface area contributed by atoms with Crippen LogP contribution in [0.2, 0.25) is 0 Å². The Morgan fingerprint density at radius 3 is 2.70 bits per heavy atom. The van der Waals surface area contributed by atoms with Crippen LogP contribution < -0.4 is 10.2 Å². The van der Waals surface area contributed by atoms with Gasteiger partial charge in [-0.05, 0) is 37.7 Å². The SMILES string of the molecule is CCN(Cc1ccncc1)c1ncc(F)cc1CNC. The molecule has 5 heteroatoms. The maximum absolute atomic E-state index is 13.3. The summed E-state index contributed by atoms with van der Waals surface area (Å²) in [7, 11) is 1.84. The van der Waals surface area contributed by atoms with E-state index in [1.807, 2.05) is 19.2 Å². The molecule has 0 aliphatic rings. The van der Waals surface area contributed by atoms with Gasteiger partial charge in [-0.2, -0.15) is 0 Å². The first-order valence-electron chi connectivity index (χ1n) is 6.67. The van der Waals surface area contributed by atoms with Gasteiger partial charge in [0.2, 0.25) is 0 Å². The fourth-order valence-electron chi connectivity index (χ4n) is 2.12. The second-order valence-electron chi connectivity index (χ2n) is 4.54. The number of pyridine rings is 2. The highest BCUT2D eigenvalue weighted by molar-refractivity contribution is 5.47. The molecule has 0 bridgehead atoms. The van der Waals surface area contributed by atoms with Crippen molar-refractivity contribution >= 4 is 5.82 Å². The third-order valence-corrected chi connectivity index (χ3v) is 3.08. The number of aromatic nitrogens is 2. The number of nitrogens with one attached hydrogen (secondary N) is 1. The molecular weight excluding hydrogens is 255 g/mol. The molecule has 2 heterocycles. The van der Waals surface area contributed by atoms with Gasteiger partial charge in [-0.15, -0.1) is 0 Å². The maximum atomic E-state index is 13.3. The Morgan fingerprint density at radius 2 is 2.05 bits per heavy atom. The molecule has 2 aromatic rings. The van der Waals surface area contributed by atoms with Gasteiger partial charge in [0.15, 0.2) is 0 Å². The van der Waals surface area contributed by atoms with Gasteiger partial charge in [-0.25, -0.2) is 9.37 Å². The zero-order chi connectivity index (χ0) is 14.4. The van der Waals surface area contributed by atoms with Crippen LogP contribution in [0.1, 0.15) is 18.1 Å². The highest BCUT2D eigenvalue weighted by Crippen LogP contribution is 2.20. The molecule has 0 unspecified atom stereocenters. The fourth-order valence-corrected chi connectivity index (χ4v) is 2.12. The Morgan fingerprint density at radius 1 is 1.30 bits per heavy atom. The third-order valence-electron chi connectivity index (χ3n) is 3.08. The summed E-state index contributed by atoms with van der Waals surface area (Å²) in [6.45, 7) is 4.19. The molecule has 0 saturated carbocycles. The highest BCUT2D eigenvalue weighted by atomic mass is 19.1. The monoisotopic (exact) mass is 274 g/mol. The van der Waals surface area contributed by atoms with E-state index < -0.39 is 0 Å². The minimum atomic E-state index is -0.307. The predicted molar refractivity (Wildman–Crippen MR) is 77.9 cm³/mol. The third kappa shape index (κ3) is 3.51. The van der Waals surface area contributed by atoms with Gasteiger partial charge in [0.1, 0.15) is 11.6 Å². The van der Waals surface area contributed by atoms with Crippen molar-refractivity contribution in [3.8, 4) is 0 Å². The van der Waals surface area contributed by atoms with Gasteiger partial charge in [0, 0.05) is 37.6 Å². The van der Waals surface area contributed by atoms with E-state index in [4.69, 9.17) is 0 Å². The largest absolute Gasteiger partial charge is 0.352 e. The van der Waals surface area contributed by atoms with Gasteiger partial charge in [-0.1, -0.05) is 0 Å². The zero-order valence-corrected chi connectivity index (χ0v) is 11.8. The van der Waals surface area contributed by atoms with Crippen molar-refractivity contribution in [2.24, 2.45) is 0 Å². The topological polar surface area (TPSA) is 41.1 Å². The van der Waals surface area contributed by atoms with Gasteiger partial charge in [-0.3, -0.25) is 4.98 Å². The van der Waals surface area contributed by atoms with Crippen LogP contribution in [0.3, 0.4) is 0 Å². The molecule has 106 valence electrons. The van der Waals surface area contributed by atoms with Gasteiger partial charge in [0.05, 0.1) is 6.20 Å². The van der Waals surface area contributed by atoms with Crippen molar-refractivity contribution in [2.75, 3.05) is 18.5 Å². The number of hydrogen-bond acceptors (Lipinski definition) is 4. The molecule has 0 radical (unpaired) electrons. The zero-order valence-electron chi connectivity index (χ0n) is 11.8. The van der Waals surface area contributed by atoms with E-state index in [2.05, 4.69) is 27.1 Å². The minimum absolute atomic E-state index is 0.307. The molecule has 0 aliphatic carbocycles. The molecule has 20 heavy (non-hydrogen) atoms. The van der Waals surface area contributed by atoms with E-state index in [-0.39, 0.29) is 5.82 Å². The summed E-state index contributed by atoms with van der Waals surface area (Å²) < 4.78 is 13.3. The Labute approximate surface area is 118 Å². The van der Waals surface area contributed by atoms with E-state index in [1.165, 1.54) is 12.3 Å². The minimum Gasteiger partial charge on any atom is -0.352 e. The lowest BCUT2D eigenvalue weighted by Gasteiger charge is -2.24. The summed E-state index contributed by atoms with van der Waals surface area (Å²) in [5.41, 5.74) is 2.02. The standard InChI is InChI=1S/C15H19FN4/c1-3-20(11-12-4-6-18-7-5-12)15-13(9-17-2)8-14(16)10-19-15/h4-8,10,17H,3,9,11H2,1-2H3. The average molecular weight is 274 g/mol. The van der Waals surface area contributed by atoms with Crippen molar-refractivity contribution in [1.82, 2.24) is 15.3 Å². The molecule has 0 fully saturated rings. The van der Waals surface area contributed by atoms with Crippen LogP contribution >= 0.6 is 0 Å². The normalized spacial score (nSPS) is 10.6. The molecule has 2 aromatic heterocycles. The second kappa shape index (κ2) is 6.96. The number of hydrogen-bond donors (Lipinski definition) is 1. The van der Waals surface area contributed by atoms with Crippen molar-refractivity contribution in [3.63, 3.8) is 0 Å². The molecule has 0 spiro atoms. The van der Waals surface area contributed by atoms with Crippen LogP contribution in [-0.4, -0.2) is 23.6 Å². The van der Waals surface area contributed by atoms with E-state index >= 15 is 0 Å². The Hall–Kier alpha value is -2.01. The first-order chi connectivity index (χ1) is 9.74. The quantitative estimate of drug-likeness (QED) is 0.878. The molecule has 4 nitrogen and oxygen atoms in total. The highest BCUT2D eigenvalue weighted by Gasteiger charge is 2.12. The van der Waals surface area contributed by atoms with Crippen molar-refractivity contribution in [1.29, 1.82) is 0 Å². The van der Waals surface area contributed by atoms with E-state index in [0.29, 0.717) is 6.54 Å². The lowest BCUT2D eigenvalue weighted by atomic mass is 10.2. The number of anilines is 1. The van der Waals surface area contributed by atoms with Crippen molar-refractivity contribution < 1.29 is 4.39 Å². The molecule has 0 amide bonds. The Kier molecular flexibility index (Phi) is 5.01. The molecule has 0 atom stereocenters. The van der Waals surface area contributed by atoms with Gasteiger partial charge >= 0.3 is 0 Å². The molecule has 0 aliphatic heterocycles. The van der Waals surface area contributed by atoms with Gasteiger partial charge < -0.3 is 10.2 Å². The summed E-state index contributed by atoms with van der Waals surface area (Å²) in [5.74, 6) is 0.513. The predicted octanol–water partition coefficient (Wildman–Crippen LogP) is 2.36.